The van der Waals surface area contributed by atoms with E-state index in [9.17, 15) is 0 Å². The maximum absolute atomic E-state index is 4.73. The minimum Gasteiger partial charge on any atom is -0.357 e. The number of benzene rings is 2. The summed E-state index contributed by atoms with van der Waals surface area (Å²) in [5.41, 5.74) is 1.27. The lowest BCUT2D eigenvalue weighted by molar-refractivity contribution is 0.651. The number of rotatable bonds is 7. The molecular weight excluding hydrogens is 336 g/mol. The molecule has 6 nitrogen and oxygen atoms in total. The van der Waals surface area contributed by atoms with Crippen molar-refractivity contribution in [3.8, 4) is 0 Å². The average molecular weight is 364 g/mol. The summed E-state index contributed by atoms with van der Waals surface area (Å²) in [5, 5.41) is 17.5. The molecule has 0 aliphatic rings. The quantitative estimate of drug-likeness (QED) is 0.499. The molecule has 27 heavy (non-hydrogen) atoms. The fourth-order valence-electron chi connectivity index (χ4n) is 3.24. The van der Waals surface area contributed by atoms with Crippen LogP contribution >= 0.6 is 0 Å². The van der Waals surface area contributed by atoms with Gasteiger partial charge in [0.2, 0.25) is 0 Å². The lowest BCUT2D eigenvalue weighted by atomic mass is 10.00. The Bertz CT molecular complexity index is 893. The van der Waals surface area contributed by atoms with Crippen LogP contribution < -0.4 is 10.6 Å². The monoisotopic (exact) mass is 364 g/mol. The number of hydrogen-bond donors (Lipinski definition) is 2. The van der Waals surface area contributed by atoms with Crippen molar-refractivity contribution in [1.29, 1.82) is 0 Å². The van der Waals surface area contributed by atoms with Crippen LogP contribution in [0.4, 0.5) is 0 Å². The predicted molar refractivity (Wildman–Crippen MR) is 111 cm³/mol. The number of hydrogen-bond acceptors (Lipinski definition) is 3. The highest BCUT2D eigenvalue weighted by Crippen LogP contribution is 2.23. The first-order chi connectivity index (χ1) is 13.2. The zero-order valence-electron chi connectivity index (χ0n) is 16.3. The van der Waals surface area contributed by atoms with E-state index in [-0.39, 0.29) is 6.04 Å². The zero-order valence-corrected chi connectivity index (χ0v) is 16.3. The second-order valence-electron chi connectivity index (χ2n) is 6.49. The number of aryl methyl sites for hydroxylation is 1. The Kier molecular flexibility index (Phi) is 6.41. The van der Waals surface area contributed by atoms with Gasteiger partial charge in [0.1, 0.15) is 12.2 Å². The second-order valence-corrected chi connectivity index (χ2v) is 6.49. The van der Waals surface area contributed by atoms with Crippen LogP contribution in [0.5, 0.6) is 0 Å². The molecule has 1 aromatic heterocycles. The predicted octanol–water partition coefficient (Wildman–Crippen LogP) is 3.31. The molecule has 1 heterocycles. The van der Waals surface area contributed by atoms with E-state index in [1.165, 1.54) is 16.3 Å². The van der Waals surface area contributed by atoms with E-state index in [2.05, 4.69) is 88.6 Å². The van der Waals surface area contributed by atoms with Gasteiger partial charge in [-0.1, -0.05) is 49.4 Å². The molecule has 2 aromatic carbocycles. The molecule has 142 valence electrons. The smallest absolute Gasteiger partial charge is 0.191 e. The third kappa shape index (κ3) is 4.64. The van der Waals surface area contributed by atoms with Crippen LogP contribution in [0.1, 0.15) is 38.2 Å². The fourth-order valence-corrected chi connectivity index (χ4v) is 3.24. The Labute approximate surface area is 160 Å². The zero-order chi connectivity index (χ0) is 19.1. The van der Waals surface area contributed by atoms with Gasteiger partial charge < -0.3 is 15.2 Å². The molecule has 0 saturated heterocycles. The van der Waals surface area contributed by atoms with Crippen LogP contribution in [0.25, 0.3) is 10.8 Å². The van der Waals surface area contributed by atoms with Gasteiger partial charge in [0.25, 0.3) is 0 Å². The van der Waals surface area contributed by atoms with Gasteiger partial charge in [-0.15, -0.1) is 10.2 Å². The van der Waals surface area contributed by atoms with Crippen LogP contribution in [0.15, 0.2) is 53.8 Å². The Morgan fingerprint density at radius 1 is 1.15 bits per heavy atom. The number of fused-ring (bicyclic) bond motifs is 1. The molecule has 0 aliphatic carbocycles. The van der Waals surface area contributed by atoms with Gasteiger partial charge in [0, 0.05) is 19.5 Å². The van der Waals surface area contributed by atoms with Crippen molar-refractivity contribution in [3.63, 3.8) is 0 Å². The molecule has 1 unspecified atom stereocenters. The van der Waals surface area contributed by atoms with Gasteiger partial charge in [0.05, 0.1) is 12.6 Å². The Hall–Kier alpha value is -2.89. The molecule has 1 atom stereocenters. The second kappa shape index (κ2) is 9.16. The highest BCUT2D eigenvalue weighted by atomic mass is 15.3. The molecule has 3 rings (SSSR count). The standard InChI is InChI=1S/C21H28N6/c1-4-20-26-24-15-27(20)14-13-23-21(22-5-2)25-16(3)18-12-8-10-17-9-6-7-11-19(17)18/h6-12,15-16H,4-5,13-14H2,1-3H3,(H2,22,23,25). The van der Waals surface area contributed by atoms with E-state index >= 15 is 0 Å². The third-order valence-electron chi connectivity index (χ3n) is 4.61. The van der Waals surface area contributed by atoms with Crippen molar-refractivity contribution in [2.24, 2.45) is 4.99 Å². The summed E-state index contributed by atoms with van der Waals surface area (Å²) >= 11 is 0. The van der Waals surface area contributed by atoms with Crippen molar-refractivity contribution in [2.45, 2.75) is 39.8 Å². The van der Waals surface area contributed by atoms with E-state index < -0.39 is 0 Å². The van der Waals surface area contributed by atoms with Crippen LogP contribution in [0.3, 0.4) is 0 Å². The van der Waals surface area contributed by atoms with Crippen LogP contribution in [-0.2, 0) is 13.0 Å². The molecule has 6 heteroatoms. The SMILES string of the molecule is CCNC(=NCCn1cnnc1CC)NC(C)c1cccc2ccccc12. The Morgan fingerprint density at radius 3 is 2.78 bits per heavy atom. The number of nitrogens with zero attached hydrogens (tertiary/aromatic N) is 4. The summed E-state index contributed by atoms with van der Waals surface area (Å²) in [6, 6.07) is 15.1. The lowest BCUT2D eigenvalue weighted by Gasteiger charge is -2.20. The first kappa shape index (κ1) is 18.9. The molecule has 0 saturated carbocycles. The first-order valence-corrected chi connectivity index (χ1v) is 9.62. The molecule has 3 aromatic rings. The Morgan fingerprint density at radius 2 is 1.96 bits per heavy atom. The molecule has 0 bridgehead atoms. The maximum Gasteiger partial charge on any atom is 0.191 e. The van der Waals surface area contributed by atoms with Gasteiger partial charge in [0.15, 0.2) is 5.96 Å². The summed E-state index contributed by atoms with van der Waals surface area (Å²) in [6.45, 7) is 8.60. The van der Waals surface area contributed by atoms with E-state index in [0.717, 1.165) is 31.3 Å². The van der Waals surface area contributed by atoms with Gasteiger partial charge in [-0.25, -0.2) is 0 Å². The number of nitrogens with one attached hydrogen (secondary N) is 2. The number of aromatic nitrogens is 3. The molecule has 0 fully saturated rings. The molecule has 2 N–H and O–H groups in total. The van der Waals surface area contributed by atoms with Crippen molar-refractivity contribution in [2.75, 3.05) is 13.1 Å². The van der Waals surface area contributed by atoms with Crippen LogP contribution in [-0.4, -0.2) is 33.8 Å². The summed E-state index contributed by atoms with van der Waals surface area (Å²) in [6.07, 6.45) is 2.65. The Balaban J connectivity index is 1.71. The van der Waals surface area contributed by atoms with Gasteiger partial charge >= 0.3 is 0 Å². The van der Waals surface area contributed by atoms with E-state index in [1.54, 1.807) is 6.33 Å². The molecule has 0 aliphatic heterocycles. The first-order valence-electron chi connectivity index (χ1n) is 9.62. The maximum atomic E-state index is 4.73. The molecule has 0 amide bonds. The largest absolute Gasteiger partial charge is 0.357 e. The van der Waals surface area contributed by atoms with Crippen LogP contribution in [0.2, 0.25) is 0 Å². The van der Waals surface area contributed by atoms with Crippen molar-refractivity contribution < 1.29 is 0 Å². The highest BCUT2D eigenvalue weighted by molar-refractivity contribution is 5.87. The minimum atomic E-state index is 0.148. The molecule has 0 radical (unpaired) electrons. The van der Waals surface area contributed by atoms with Gasteiger partial charge in [-0.3, -0.25) is 4.99 Å². The normalized spacial score (nSPS) is 12.9. The third-order valence-corrected chi connectivity index (χ3v) is 4.61. The van der Waals surface area contributed by atoms with Crippen molar-refractivity contribution in [3.05, 3.63) is 60.2 Å². The van der Waals surface area contributed by atoms with Crippen LogP contribution in [0, 0.1) is 0 Å². The van der Waals surface area contributed by atoms with Crippen molar-refractivity contribution >= 4 is 16.7 Å². The summed E-state index contributed by atoms with van der Waals surface area (Å²) in [5.74, 6) is 1.82. The summed E-state index contributed by atoms with van der Waals surface area (Å²) in [4.78, 5) is 4.73. The van der Waals surface area contributed by atoms with Gasteiger partial charge in [-0.2, -0.15) is 0 Å². The minimum absolute atomic E-state index is 0.148. The topological polar surface area (TPSA) is 67.1 Å². The van der Waals surface area contributed by atoms with E-state index in [4.69, 9.17) is 4.99 Å². The number of guanidine groups is 1. The van der Waals surface area contributed by atoms with Crippen molar-refractivity contribution in [1.82, 2.24) is 25.4 Å². The van der Waals surface area contributed by atoms with E-state index in [1.807, 2.05) is 0 Å². The molecule has 0 spiro atoms. The van der Waals surface area contributed by atoms with E-state index in [0.29, 0.717) is 6.54 Å². The fraction of sp³-hybridized carbons (Fsp3) is 0.381. The number of aliphatic imine (C=N–C) groups is 1. The highest BCUT2D eigenvalue weighted by Gasteiger charge is 2.11. The summed E-state index contributed by atoms with van der Waals surface area (Å²) < 4.78 is 2.06. The average Bonchev–Trinajstić information content (AvgIpc) is 3.15. The molecular formula is C21H28N6. The van der Waals surface area contributed by atoms with Gasteiger partial charge in [-0.05, 0) is 30.2 Å². The summed E-state index contributed by atoms with van der Waals surface area (Å²) in [7, 11) is 0. The lowest BCUT2D eigenvalue weighted by Crippen LogP contribution is -2.39.